The lowest BCUT2D eigenvalue weighted by Crippen LogP contribution is -2.40. The number of hydrogen-bond donors (Lipinski definition) is 1. The molecule has 0 spiro atoms. The summed E-state index contributed by atoms with van der Waals surface area (Å²) in [5.41, 5.74) is 2.63. The Balaban J connectivity index is 1.50. The monoisotopic (exact) mass is 373 g/mol. The Morgan fingerprint density at radius 2 is 2.00 bits per heavy atom. The van der Waals surface area contributed by atoms with Crippen LogP contribution in [0.5, 0.6) is 0 Å². The van der Waals surface area contributed by atoms with Crippen LogP contribution in [0.15, 0.2) is 35.5 Å². The van der Waals surface area contributed by atoms with Crippen molar-refractivity contribution in [1.29, 1.82) is 0 Å². The fourth-order valence-electron chi connectivity index (χ4n) is 3.22. The summed E-state index contributed by atoms with van der Waals surface area (Å²) in [7, 11) is 0. The van der Waals surface area contributed by atoms with Gasteiger partial charge >= 0.3 is 5.97 Å². The number of likely N-dealkylation sites (tertiary alicyclic amines) is 1. The lowest BCUT2D eigenvalue weighted by molar-refractivity contribution is -0.129. The van der Waals surface area contributed by atoms with Crippen molar-refractivity contribution >= 4 is 23.6 Å². The lowest BCUT2D eigenvalue weighted by atomic mass is 10.1. The molecule has 0 unspecified atom stereocenters. The van der Waals surface area contributed by atoms with Crippen LogP contribution in [0.4, 0.5) is 0 Å². The molecule has 0 radical (unpaired) electrons. The summed E-state index contributed by atoms with van der Waals surface area (Å²) in [5.74, 6) is -0.369. The molecule has 1 N–H and O–H groups in total. The normalized spacial score (nSPS) is 15.2. The van der Waals surface area contributed by atoms with Gasteiger partial charge in [0.1, 0.15) is 0 Å². The van der Waals surface area contributed by atoms with Crippen molar-refractivity contribution < 1.29 is 14.7 Å². The Hall–Kier alpha value is -2.28. The smallest absolute Gasteiger partial charge is 0.338 e. The minimum absolute atomic E-state index is 0.152. The summed E-state index contributed by atoms with van der Waals surface area (Å²) in [6.07, 6.45) is 4.53. The number of nitrogens with zero attached hydrogens (tertiary/aromatic N) is 3. The first-order chi connectivity index (χ1) is 12.4. The third kappa shape index (κ3) is 4.27. The SMILES string of the molecule is Cc1ccc(SCC(=O)N2CCC(n3cc(C(=O)O)cn3)CC2)c(C)c1. The fourth-order valence-corrected chi connectivity index (χ4v) is 4.13. The van der Waals surface area contributed by atoms with Gasteiger partial charge in [0.2, 0.25) is 5.91 Å². The van der Waals surface area contributed by atoms with E-state index in [0.717, 1.165) is 17.7 Å². The van der Waals surface area contributed by atoms with Crippen LogP contribution < -0.4 is 0 Å². The van der Waals surface area contributed by atoms with Gasteiger partial charge in [-0.2, -0.15) is 5.10 Å². The maximum absolute atomic E-state index is 12.5. The van der Waals surface area contributed by atoms with Gasteiger partial charge in [-0.3, -0.25) is 9.48 Å². The van der Waals surface area contributed by atoms with Gasteiger partial charge in [-0.25, -0.2) is 4.79 Å². The minimum atomic E-state index is -0.965. The molecule has 1 aromatic carbocycles. The molecule has 7 heteroatoms. The van der Waals surface area contributed by atoms with Crippen LogP contribution in [-0.2, 0) is 4.79 Å². The number of aromatic nitrogens is 2. The fraction of sp³-hybridized carbons (Fsp3) is 0.421. The van der Waals surface area contributed by atoms with Gasteiger partial charge < -0.3 is 10.0 Å². The van der Waals surface area contributed by atoms with Crippen molar-refractivity contribution in [3.8, 4) is 0 Å². The quantitative estimate of drug-likeness (QED) is 0.815. The summed E-state index contributed by atoms with van der Waals surface area (Å²) in [4.78, 5) is 26.5. The van der Waals surface area contributed by atoms with E-state index in [9.17, 15) is 9.59 Å². The molecule has 3 rings (SSSR count). The Labute approximate surface area is 157 Å². The predicted octanol–water partition coefficient (Wildman–Crippen LogP) is 3.15. The third-order valence-electron chi connectivity index (χ3n) is 4.72. The Kier molecular flexibility index (Phi) is 5.66. The van der Waals surface area contributed by atoms with Crippen LogP contribution >= 0.6 is 11.8 Å². The molecule has 0 atom stereocenters. The van der Waals surface area contributed by atoms with Gasteiger partial charge in [0.25, 0.3) is 0 Å². The zero-order valence-electron chi connectivity index (χ0n) is 15.0. The van der Waals surface area contributed by atoms with Crippen LogP contribution in [-0.4, -0.2) is 50.5 Å². The van der Waals surface area contributed by atoms with Crippen molar-refractivity contribution in [3.05, 3.63) is 47.3 Å². The molecule has 1 amide bonds. The van der Waals surface area contributed by atoms with Crippen molar-refractivity contribution in [2.75, 3.05) is 18.8 Å². The standard InChI is InChI=1S/C19H23N3O3S/c1-13-3-4-17(14(2)9-13)26-12-18(23)21-7-5-16(6-8-21)22-11-15(10-20-22)19(24)25/h3-4,9-11,16H,5-8,12H2,1-2H3,(H,24,25). The zero-order chi connectivity index (χ0) is 18.7. The van der Waals surface area contributed by atoms with Crippen LogP contribution in [0.3, 0.4) is 0 Å². The maximum atomic E-state index is 12.5. The van der Waals surface area contributed by atoms with Gasteiger partial charge in [-0.15, -0.1) is 11.8 Å². The third-order valence-corrected chi connectivity index (χ3v) is 5.88. The molecule has 26 heavy (non-hydrogen) atoms. The molecule has 2 aromatic rings. The van der Waals surface area contributed by atoms with Gasteiger partial charge in [-0.1, -0.05) is 17.7 Å². The highest BCUT2D eigenvalue weighted by Gasteiger charge is 2.24. The topological polar surface area (TPSA) is 75.4 Å². The molecular weight excluding hydrogens is 350 g/mol. The number of amides is 1. The van der Waals surface area contributed by atoms with E-state index < -0.39 is 5.97 Å². The average molecular weight is 373 g/mol. The summed E-state index contributed by atoms with van der Waals surface area (Å²) >= 11 is 1.59. The number of carboxylic acid groups (broad SMARTS) is 1. The van der Waals surface area contributed by atoms with E-state index in [4.69, 9.17) is 5.11 Å². The second kappa shape index (κ2) is 7.95. The molecule has 6 nitrogen and oxygen atoms in total. The second-order valence-corrected chi connectivity index (χ2v) is 7.70. The van der Waals surface area contributed by atoms with Gasteiger partial charge in [-0.05, 0) is 38.3 Å². The van der Waals surface area contributed by atoms with Gasteiger partial charge in [0.05, 0.1) is 23.6 Å². The number of hydrogen-bond acceptors (Lipinski definition) is 4. The summed E-state index contributed by atoms with van der Waals surface area (Å²) < 4.78 is 1.72. The van der Waals surface area contributed by atoms with E-state index in [1.807, 2.05) is 4.90 Å². The van der Waals surface area contributed by atoms with Crippen molar-refractivity contribution in [3.63, 3.8) is 0 Å². The largest absolute Gasteiger partial charge is 0.478 e. The Morgan fingerprint density at radius 3 is 2.62 bits per heavy atom. The molecule has 138 valence electrons. The Morgan fingerprint density at radius 1 is 1.27 bits per heavy atom. The first-order valence-corrected chi connectivity index (χ1v) is 9.68. The minimum Gasteiger partial charge on any atom is -0.478 e. The van der Waals surface area contributed by atoms with E-state index in [0.29, 0.717) is 18.8 Å². The average Bonchev–Trinajstić information content (AvgIpc) is 3.11. The van der Waals surface area contributed by atoms with Crippen LogP contribution in [0, 0.1) is 13.8 Å². The number of benzene rings is 1. The first-order valence-electron chi connectivity index (χ1n) is 8.69. The number of aryl methyl sites for hydroxylation is 2. The highest BCUT2D eigenvalue weighted by Crippen LogP contribution is 2.26. The van der Waals surface area contributed by atoms with Crippen LogP contribution in [0.1, 0.15) is 40.4 Å². The van der Waals surface area contributed by atoms with E-state index in [1.54, 1.807) is 22.6 Å². The van der Waals surface area contributed by atoms with Gasteiger partial charge in [0.15, 0.2) is 0 Å². The molecule has 1 aromatic heterocycles. The molecule has 1 fully saturated rings. The number of carbonyl (C=O) groups excluding carboxylic acids is 1. The number of piperidine rings is 1. The summed E-state index contributed by atoms with van der Waals surface area (Å²) in [6.45, 7) is 5.49. The van der Waals surface area contributed by atoms with E-state index >= 15 is 0 Å². The number of aromatic carboxylic acids is 1. The highest BCUT2D eigenvalue weighted by molar-refractivity contribution is 8.00. The van der Waals surface area contributed by atoms with Crippen LogP contribution in [0.2, 0.25) is 0 Å². The number of carboxylic acids is 1. The van der Waals surface area contributed by atoms with E-state index in [2.05, 4.69) is 37.1 Å². The molecular formula is C19H23N3O3S. The molecule has 1 aliphatic rings. The van der Waals surface area contributed by atoms with Crippen molar-refractivity contribution in [2.24, 2.45) is 0 Å². The molecule has 0 aliphatic carbocycles. The Bertz CT molecular complexity index is 810. The molecule has 0 bridgehead atoms. The maximum Gasteiger partial charge on any atom is 0.338 e. The molecule has 0 saturated carbocycles. The number of carbonyl (C=O) groups is 2. The first kappa shape index (κ1) is 18.5. The number of rotatable bonds is 5. The van der Waals surface area contributed by atoms with E-state index in [-0.39, 0.29) is 17.5 Å². The zero-order valence-corrected chi connectivity index (χ0v) is 15.8. The van der Waals surface area contributed by atoms with Crippen molar-refractivity contribution in [2.45, 2.75) is 37.6 Å². The van der Waals surface area contributed by atoms with Crippen molar-refractivity contribution in [1.82, 2.24) is 14.7 Å². The van der Waals surface area contributed by atoms with Crippen LogP contribution in [0.25, 0.3) is 0 Å². The molecule has 1 aliphatic heterocycles. The molecule has 1 saturated heterocycles. The van der Waals surface area contributed by atoms with E-state index in [1.165, 1.54) is 17.3 Å². The highest BCUT2D eigenvalue weighted by atomic mass is 32.2. The summed E-state index contributed by atoms with van der Waals surface area (Å²) in [6, 6.07) is 6.43. The number of thioether (sulfide) groups is 1. The second-order valence-electron chi connectivity index (χ2n) is 6.68. The lowest BCUT2D eigenvalue weighted by Gasteiger charge is -2.32. The predicted molar refractivity (Wildman–Crippen MR) is 101 cm³/mol. The summed E-state index contributed by atoms with van der Waals surface area (Å²) in [5, 5.41) is 13.1. The molecule has 2 heterocycles. The van der Waals surface area contributed by atoms with Gasteiger partial charge in [0, 0.05) is 24.2 Å².